The number of hydrogen-bond donors (Lipinski definition) is 2. The molecule has 1 rings (SSSR count). The van der Waals surface area contributed by atoms with Crippen LogP contribution in [-0.4, -0.2) is 18.3 Å². The van der Waals surface area contributed by atoms with E-state index >= 15 is 0 Å². The highest BCUT2D eigenvalue weighted by molar-refractivity contribution is 6.30. The van der Waals surface area contributed by atoms with Crippen LogP contribution in [-0.2, 0) is 0 Å². The topological polar surface area (TPSA) is 32.3 Å². The molecule has 0 heterocycles. The molecule has 16 heavy (non-hydrogen) atoms. The number of halogens is 2. The summed E-state index contributed by atoms with van der Waals surface area (Å²) in [7, 11) is 0. The highest BCUT2D eigenvalue weighted by atomic mass is 35.5. The third kappa shape index (κ3) is 3.44. The van der Waals surface area contributed by atoms with Gasteiger partial charge in [-0.1, -0.05) is 37.6 Å². The van der Waals surface area contributed by atoms with Crippen LogP contribution in [0.3, 0.4) is 0 Å². The van der Waals surface area contributed by atoms with E-state index in [1.54, 1.807) is 12.1 Å². The first kappa shape index (κ1) is 13.4. The minimum atomic E-state index is -0.459. The molecule has 0 amide bonds. The van der Waals surface area contributed by atoms with Crippen molar-refractivity contribution in [3.63, 3.8) is 0 Å². The second-order valence-corrected chi connectivity index (χ2v) is 4.59. The third-order valence-corrected chi connectivity index (χ3v) is 2.60. The molecule has 0 aliphatic heterocycles. The van der Waals surface area contributed by atoms with Gasteiger partial charge in [-0.2, -0.15) is 0 Å². The highest BCUT2D eigenvalue weighted by Gasteiger charge is 2.16. The van der Waals surface area contributed by atoms with Gasteiger partial charge in [0.15, 0.2) is 0 Å². The van der Waals surface area contributed by atoms with Crippen molar-refractivity contribution in [3.8, 4) is 0 Å². The van der Waals surface area contributed by atoms with E-state index in [0.29, 0.717) is 11.5 Å². The summed E-state index contributed by atoms with van der Waals surface area (Å²) in [6.45, 7) is 4.67. The summed E-state index contributed by atoms with van der Waals surface area (Å²) in [5.74, 6) is -0.0178. The lowest BCUT2D eigenvalue weighted by Crippen LogP contribution is -2.28. The fourth-order valence-electron chi connectivity index (χ4n) is 1.44. The molecule has 0 fully saturated rings. The fourth-order valence-corrected chi connectivity index (χ4v) is 1.62. The number of benzene rings is 1. The SMILES string of the molecule is CC(C)CNC(CO)c1cccc(Cl)c1F. The quantitative estimate of drug-likeness (QED) is 0.836. The molecule has 90 valence electrons. The molecule has 0 saturated heterocycles. The molecule has 0 aliphatic rings. The zero-order valence-corrected chi connectivity index (χ0v) is 10.3. The van der Waals surface area contributed by atoms with Gasteiger partial charge in [-0.25, -0.2) is 4.39 Å². The van der Waals surface area contributed by atoms with Gasteiger partial charge in [0.25, 0.3) is 0 Å². The minimum absolute atomic E-state index is 0.0855. The number of aliphatic hydroxyl groups excluding tert-OH is 1. The summed E-state index contributed by atoms with van der Waals surface area (Å²) in [6.07, 6.45) is 0. The van der Waals surface area contributed by atoms with Crippen LogP contribution in [0.25, 0.3) is 0 Å². The Bertz CT molecular complexity index is 344. The van der Waals surface area contributed by atoms with Crippen LogP contribution in [0.4, 0.5) is 4.39 Å². The first-order valence-electron chi connectivity index (χ1n) is 5.34. The Morgan fingerprint density at radius 3 is 2.69 bits per heavy atom. The largest absolute Gasteiger partial charge is 0.394 e. The average molecular weight is 246 g/mol. The Hall–Kier alpha value is -0.640. The van der Waals surface area contributed by atoms with E-state index in [9.17, 15) is 9.50 Å². The van der Waals surface area contributed by atoms with Crippen molar-refractivity contribution in [2.24, 2.45) is 5.92 Å². The van der Waals surface area contributed by atoms with E-state index in [1.165, 1.54) is 6.07 Å². The van der Waals surface area contributed by atoms with Crippen molar-refractivity contribution in [1.82, 2.24) is 5.32 Å². The Morgan fingerprint density at radius 2 is 2.12 bits per heavy atom. The molecule has 2 N–H and O–H groups in total. The molecule has 1 aromatic rings. The van der Waals surface area contributed by atoms with Gasteiger partial charge in [0.1, 0.15) is 5.82 Å². The van der Waals surface area contributed by atoms with E-state index in [2.05, 4.69) is 19.2 Å². The Balaban J connectivity index is 2.82. The van der Waals surface area contributed by atoms with E-state index in [0.717, 1.165) is 6.54 Å². The van der Waals surface area contributed by atoms with E-state index in [1.807, 2.05) is 0 Å². The van der Waals surface area contributed by atoms with Crippen LogP contribution < -0.4 is 5.32 Å². The van der Waals surface area contributed by atoms with Crippen LogP contribution in [0.2, 0.25) is 5.02 Å². The Morgan fingerprint density at radius 1 is 1.44 bits per heavy atom. The predicted octanol–water partition coefficient (Wildman–Crippen LogP) is 2.76. The van der Waals surface area contributed by atoms with Crippen LogP contribution >= 0.6 is 11.6 Å². The maximum atomic E-state index is 13.7. The highest BCUT2D eigenvalue weighted by Crippen LogP contribution is 2.23. The molecule has 4 heteroatoms. The second kappa shape index (κ2) is 6.18. The summed E-state index contributed by atoms with van der Waals surface area (Å²) in [6, 6.07) is 4.41. The molecule has 0 aliphatic carbocycles. The van der Waals surface area contributed by atoms with Crippen molar-refractivity contribution >= 4 is 11.6 Å². The van der Waals surface area contributed by atoms with Crippen molar-refractivity contribution in [1.29, 1.82) is 0 Å². The lowest BCUT2D eigenvalue weighted by molar-refractivity contribution is 0.238. The molecule has 1 aromatic carbocycles. The molecular formula is C12H17ClFNO. The van der Waals surface area contributed by atoms with Crippen LogP contribution in [0, 0.1) is 11.7 Å². The molecule has 0 saturated carbocycles. The maximum Gasteiger partial charge on any atom is 0.146 e. The average Bonchev–Trinajstić information content (AvgIpc) is 2.24. The van der Waals surface area contributed by atoms with Crippen molar-refractivity contribution in [2.75, 3.05) is 13.2 Å². The smallest absolute Gasteiger partial charge is 0.146 e. The van der Waals surface area contributed by atoms with Crippen molar-refractivity contribution in [3.05, 3.63) is 34.6 Å². The summed E-state index contributed by atoms with van der Waals surface area (Å²) >= 11 is 5.69. The summed E-state index contributed by atoms with van der Waals surface area (Å²) in [4.78, 5) is 0. The maximum absolute atomic E-state index is 13.7. The first-order chi connectivity index (χ1) is 7.56. The third-order valence-electron chi connectivity index (χ3n) is 2.31. The van der Waals surface area contributed by atoms with Gasteiger partial charge in [0.2, 0.25) is 0 Å². The Labute approximate surface area is 100 Å². The normalized spacial score (nSPS) is 13.1. The van der Waals surface area contributed by atoms with Gasteiger partial charge in [0.05, 0.1) is 17.7 Å². The predicted molar refractivity (Wildman–Crippen MR) is 64.1 cm³/mol. The zero-order chi connectivity index (χ0) is 12.1. The summed E-state index contributed by atoms with van der Waals surface area (Å²) in [5.41, 5.74) is 0.413. The van der Waals surface area contributed by atoms with Gasteiger partial charge in [-0.05, 0) is 18.5 Å². The first-order valence-corrected chi connectivity index (χ1v) is 5.72. The number of nitrogens with one attached hydrogen (secondary N) is 1. The lowest BCUT2D eigenvalue weighted by atomic mass is 10.1. The summed E-state index contributed by atoms with van der Waals surface area (Å²) < 4.78 is 13.7. The molecule has 0 bridgehead atoms. The number of rotatable bonds is 5. The van der Waals surface area contributed by atoms with Crippen molar-refractivity contribution < 1.29 is 9.50 Å². The summed E-state index contributed by atoms with van der Waals surface area (Å²) in [5, 5.41) is 12.4. The van der Waals surface area contributed by atoms with Gasteiger partial charge < -0.3 is 10.4 Å². The number of hydrogen-bond acceptors (Lipinski definition) is 2. The van der Waals surface area contributed by atoms with Gasteiger partial charge in [0, 0.05) is 5.56 Å². The van der Waals surface area contributed by atoms with Gasteiger partial charge >= 0.3 is 0 Å². The zero-order valence-electron chi connectivity index (χ0n) is 9.50. The molecule has 0 spiro atoms. The number of aliphatic hydroxyl groups is 1. The lowest BCUT2D eigenvalue weighted by Gasteiger charge is -2.19. The van der Waals surface area contributed by atoms with E-state index < -0.39 is 11.9 Å². The fraction of sp³-hybridized carbons (Fsp3) is 0.500. The van der Waals surface area contributed by atoms with Gasteiger partial charge in [-0.15, -0.1) is 0 Å². The minimum Gasteiger partial charge on any atom is -0.394 e. The van der Waals surface area contributed by atoms with Crippen LogP contribution in [0.1, 0.15) is 25.5 Å². The molecule has 2 nitrogen and oxygen atoms in total. The Kier molecular flexibility index (Phi) is 5.19. The monoisotopic (exact) mass is 245 g/mol. The van der Waals surface area contributed by atoms with Crippen LogP contribution in [0.15, 0.2) is 18.2 Å². The van der Waals surface area contributed by atoms with Crippen molar-refractivity contribution in [2.45, 2.75) is 19.9 Å². The molecular weight excluding hydrogens is 229 g/mol. The standard InChI is InChI=1S/C12H17ClFNO/c1-8(2)6-15-11(7-16)9-4-3-5-10(13)12(9)14/h3-5,8,11,15-16H,6-7H2,1-2H3. The van der Waals surface area contributed by atoms with Crippen LogP contribution in [0.5, 0.6) is 0 Å². The molecule has 1 unspecified atom stereocenters. The molecule has 0 aromatic heterocycles. The van der Waals surface area contributed by atoms with Gasteiger partial charge in [-0.3, -0.25) is 0 Å². The molecule has 0 radical (unpaired) electrons. The second-order valence-electron chi connectivity index (χ2n) is 4.18. The molecule has 1 atom stereocenters. The van der Waals surface area contributed by atoms with E-state index in [4.69, 9.17) is 11.6 Å². The van der Waals surface area contributed by atoms with E-state index in [-0.39, 0.29) is 11.6 Å².